The molecule has 7 heteroatoms. The lowest BCUT2D eigenvalue weighted by Gasteiger charge is -2.23. The van der Waals surface area contributed by atoms with Crippen LogP contribution in [-0.4, -0.2) is 54.4 Å². The fourth-order valence-corrected chi connectivity index (χ4v) is 4.55. The molecule has 1 aromatic carbocycles. The van der Waals surface area contributed by atoms with E-state index in [-0.39, 0.29) is 36.3 Å². The molecule has 2 N–H and O–H groups in total. The standard InChI is InChI=1S/C19H26FN3O2.HI/c1-2-21-19(22-9-16(24)12-4-3-5-13(20)8-12)23-10-14-15(11-23)18-7-6-17(14)25-18;/h3-5,8,14-18,24H,2,6-7,9-11H2,1H3,(H,21,22);1H. The van der Waals surface area contributed by atoms with E-state index in [1.54, 1.807) is 12.1 Å². The fraction of sp³-hybridized carbons (Fsp3) is 0.632. The number of fused-ring (bicyclic) bond motifs is 5. The van der Waals surface area contributed by atoms with Gasteiger partial charge in [0.2, 0.25) is 0 Å². The number of guanidine groups is 1. The molecule has 5 nitrogen and oxygen atoms in total. The minimum Gasteiger partial charge on any atom is -0.386 e. The summed E-state index contributed by atoms with van der Waals surface area (Å²) in [7, 11) is 0. The maximum Gasteiger partial charge on any atom is 0.194 e. The van der Waals surface area contributed by atoms with Crippen LogP contribution in [0.25, 0.3) is 0 Å². The second-order valence-electron chi connectivity index (χ2n) is 7.29. The van der Waals surface area contributed by atoms with E-state index in [2.05, 4.69) is 15.2 Å². The molecule has 1 aromatic rings. The second-order valence-corrected chi connectivity index (χ2v) is 7.29. The minimum atomic E-state index is -0.800. The van der Waals surface area contributed by atoms with Crippen molar-refractivity contribution >= 4 is 29.9 Å². The molecular formula is C19H27FIN3O2. The molecule has 0 amide bonds. The van der Waals surface area contributed by atoms with Gasteiger partial charge in [-0.25, -0.2) is 4.39 Å². The Morgan fingerprint density at radius 1 is 1.35 bits per heavy atom. The number of nitrogens with zero attached hydrogens (tertiary/aromatic N) is 2. The van der Waals surface area contributed by atoms with Crippen LogP contribution in [-0.2, 0) is 4.74 Å². The van der Waals surface area contributed by atoms with Crippen molar-refractivity contribution in [1.82, 2.24) is 10.2 Å². The number of hydrogen-bond donors (Lipinski definition) is 2. The van der Waals surface area contributed by atoms with Gasteiger partial charge in [0, 0.05) is 31.5 Å². The molecule has 26 heavy (non-hydrogen) atoms. The molecule has 5 atom stereocenters. The summed E-state index contributed by atoms with van der Waals surface area (Å²) in [5, 5.41) is 13.7. The van der Waals surface area contributed by atoms with Crippen LogP contribution in [0.2, 0.25) is 0 Å². The Hall–Kier alpha value is -0.930. The van der Waals surface area contributed by atoms with Crippen molar-refractivity contribution < 1.29 is 14.2 Å². The van der Waals surface area contributed by atoms with Crippen molar-refractivity contribution in [2.75, 3.05) is 26.2 Å². The van der Waals surface area contributed by atoms with E-state index in [9.17, 15) is 9.50 Å². The summed E-state index contributed by atoms with van der Waals surface area (Å²) < 4.78 is 19.4. The molecule has 0 aliphatic carbocycles. The molecule has 3 saturated heterocycles. The van der Waals surface area contributed by atoms with Gasteiger partial charge < -0.3 is 20.1 Å². The van der Waals surface area contributed by atoms with Crippen LogP contribution in [0.1, 0.15) is 31.4 Å². The van der Waals surface area contributed by atoms with E-state index >= 15 is 0 Å². The van der Waals surface area contributed by atoms with E-state index in [4.69, 9.17) is 4.74 Å². The average molecular weight is 475 g/mol. The molecular weight excluding hydrogens is 448 g/mol. The van der Waals surface area contributed by atoms with E-state index in [1.165, 1.54) is 25.0 Å². The highest BCUT2D eigenvalue weighted by Gasteiger charge is 2.53. The number of aliphatic imine (C=N–C) groups is 1. The molecule has 5 unspecified atom stereocenters. The quantitative estimate of drug-likeness (QED) is 0.400. The first-order chi connectivity index (χ1) is 12.2. The van der Waals surface area contributed by atoms with Crippen molar-refractivity contribution in [1.29, 1.82) is 0 Å². The number of aliphatic hydroxyl groups excluding tert-OH is 1. The highest BCUT2D eigenvalue weighted by molar-refractivity contribution is 14.0. The number of halogens is 2. The van der Waals surface area contributed by atoms with Crippen molar-refractivity contribution in [3.63, 3.8) is 0 Å². The lowest BCUT2D eigenvalue weighted by atomic mass is 9.82. The molecule has 3 aliphatic heterocycles. The lowest BCUT2D eigenvalue weighted by Crippen LogP contribution is -2.41. The third-order valence-corrected chi connectivity index (χ3v) is 5.73. The maximum atomic E-state index is 13.3. The Kier molecular flexibility index (Phi) is 6.40. The summed E-state index contributed by atoms with van der Waals surface area (Å²) in [6.07, 6.45) is 2.41. The predicted octanol–water partition coefficient (Wildman–Crippen LogP) is 2.55. The minimum absolute atomic E-state index is 0. The first-order valence-corrected chi connectivity index (χ1v) is 9.28. The van der Waals surface area contributed by atoms with Crippen LogP contribution in [0.5, 0.6) is 0 Å². The van der Waals surface area contributed by atoms with Gasteiger partial charge in [-0.15, -0.1) is 24.0 Å². The number of ether oxygens (including phenoxy) is 1. The summed E-state index contributed by atoms with van der Waals surface area (Å²) in [5.41, 5.74) is 0.560. The molecule has 0 radical (unpaired) electrons. The van der Waals surface area contributed by atoms with E-state index < -0.39 is 6.10 Å². The zero-order chi connectivity index (χ0) is 17.4. The van der Waals surface area contributed by atoms with Crippen molar-refractivity contribution in [2.45, 2.75) is 38.1 Å². The summed E-state index contributed by atoms with van der Waals surface area (Å²) in [4.78, 5) is 6.91. The Bertz CT molecular complexity index is 641. The topological polar surface area (TPSA) is 57.1 Å². The Labute approximate surface area is 171 Å². The number of aliphatic hydroxyl groups is 1. The van der Waals surface area contributed by atoms with Crippen LogP contribution in [0.4, 0.5) is 4.39 Å². The molecule has 4 rings (SSSR count). The summed E-state index contributed by atoms with van der Waals surface area (Å²) in [5.74, 6) is 1.72. The third kappa shape index (κ3) is 3.84. The molecule has 0 saturated carbocycles. The molecule has 3 heterocycles. The molecule has 144 valence electrons. The Balaban J connectivity index is 0.00000196. The number of benzene rings is 1. The van der Waals surface area contributed by atoms with Crippen molar-refractivity contribution in [2.24, 2.45) is 16.8 Å². The highest BCUT2D eigenvalue weighted by Crippen LogP contribution is 2.47. The molecule has 3 fully saturated rings. The van der Waals surface area contributed by atoms with Gasteiger partial charge in [0.05, 0.1) is 24.9 Å². The zero-order valence-corrected chi connectivity index (χ0v) is 17.3. The SMILES string of the molecule is CCNC(=NCC(O)c1cccc(F)c1)N1CC2C3CCC(O3)C2C1.I. The van der Waals surface area contributed by atoms with Gasteiger partial charge in [0.1, 0.15) is 5.82 Å². The van der Waals surface area contributed by atoms with Gasteiger partial charge in [-0.3, -0.25) is 4.99 Å². The van der Waals surface area contributed by atoms with Crippen molar-refractivity contribution in [3.05, 3.63) is 35.6 Å². The Morgan fingerprint density at radius 2 is 2.04 bits per heavy atom. The fourth-order valence-electron chi connectivity index (χ4n) is 4.55. The smallest absolute Gasteiger partial charge is 0.194 e. The maximum absolute atomic E-state index is 13.3. The van der Waals surface area contributed by atoms with Crippen LogP contribution < -0.4 is 5.32 Å². The van der Waals surface area contributed by atoms with Crippen LogP contribution in [0.3, 0.4) is 0 Å². The van der Waals surface area contributed by atoms with Gasteiger partial charge in [-0.1, -0.05) is 12.1 Å². The number of hydrogen-bond acceptors (Lipinski definition) is 3. The lowest BCUT2D eigenvalue weighted by molar-refractivity contribution is 0.0766. The first kappa shape index (κ1) is 19.8. The van der Waals surface area contributed by atoms with Crippen molar-refractivity contribution in [3.8, 4) is 0 Å². The number of likely N-dealkylation sites (tertiary alicyclic amines) is 1. The van der Waals surface area contributed by atoms with E-state index in [0.717, 1.165) is 25.6 Å². The van der Waals surface area contributed by atoms with Crippen LogP contribution in [0, 0.1) is 17.7 Å². The summed E-state index contributed by atoms with van der Waals surface area (Å²) in [6.45, 7) is 4.98. The number of nitrogens with one attached hydrogen (secondary N) is 1. The van der Waals surface area contributed by atoms with Crippen LogP contribution in [0.15, 0.2) is 29.3 Å². The van der Waals surface area contributed by atoms with Gasteiger partial charge >= 0.3 is 0 Å². The first-order valence-electron chi connectivity index (χ1n) is 9.28. The van der Waals surface area contributed by atoms with E-state index in [1.807, 2.05) is 6.92 Å². The normalized spacial score (nSPS) is 30.9. The summed E-state index contributed by atoms with van der Waals surface area (Å²) >= 11 is 0. The Morgan fingerprint density at radius 3 is 2.65 bits per heavy atom. The van der Waals surface area contributed by atoms with Gasteiger partial charge in [0.15, 0.2) is 5.96 Å². The predicted molar refractivity (Wildman–Crippen MR) is 109 cm³/mol. The molecule has 0 aromatic heterocycles. The zero-order valence-electron chi connectivity index (χ0n) is 15.0. The van der Waals surface area contributed by atoms with Gasteiger partial charge in [0.25, 0.3) is 0 Å². The molecule has 3 aliphatic rings. The van der Waals surface area contributed by atoms with E-state index in [0.29, 0.717) is 29.6 Å². The second kappa shape index (κ2) is 8.39. The number of rotatable bonds is 4. The van der Waals surface area contributed by atoms with Gasteiger partial charge in [-0.05, 0) is 37.5 Å². The van der Waals surface area contributed by atoms with Gasteiger partial charge in [-0.2, -0.15) is 0 Å². The summed E-state index contributed by atoms with van der Waals surface area (Å²) in [6, 6.07) is 6.08. The third-order valence-electron chi connectivity index (χ3n) is 5.73. The molecule has 2 bridgehead atoms. The van der Waals surface area contributed by atoms with Crippen LogP contribution >= 0.6 is 24.0 Å². The molecule has 0 spiro atoms. The highest BCUT2D eigenvalue weighted by atomic mass is 127. The average Bonchev–Trinajstić information content (AvgIpc) is 3.30. The monoisotopic (exact) mass is 475 g/mol. The largest absolute Gasteiger partial charge is 0.386 e.